The molecule has 22 heavy (non-hydrogen) atoms. The summed E-state index contributed by atoms with van der Waals surface area (Å²) in [6.45, 7) is 0. The first-order valence-electron chi connectivity index (χ1n) is 6.78. The Morgan fingerprint density at radius 3 is 2.59 bits per heavy atom. The maximum absolute atomic E-state index is 12.8. The average Bonchev–Trinajstić information content (AvgIpc) is 2.80. The minimum atomic E-state index is -1.45. The first-order chi connectivity index (χ1) is 10.6. The van der Waals surface area contributed by atoms with Crippen LogP contribution in [0.1, 0.15) is 18.0 Å². The van der Waals surface area contributed by atoms with Crippen LogP contribution in [0, 0.1) is 0 Å². The number of carboxylic acids is 1. The fourth-order valence-corrected chi connectivity index (χ4v) is 4.28. The number of fused-ring (bicyclic) bond motifs is 1. The molecule has 0 saturated carbocycles. The Hall–Kier alpha value is -2.34. The van der Waals surface area contributed by atoms with E-state index in [0.717, 1.165) is 5.69 Å². The molecular weight excluding hydrogens is 302 g/mol. The summed E-state index contributed by atoms with van der Waals surface area (Å²) in [5.74, 6) is -0.378. The third kappa shape index (κ3) is 2.35. The van der Waals surface area contributed by atoms with Gasteiger partial charge in [-0.3, -0.25) is 9.10 Å². The van der Waals surface area contributed by atoms with Gasteiger partial charge in [0.25, 0.3) is 0 Å². The standard InChI is InChI=1S/C16H15NO4S/c1-21-13-8-5-9-14-16(13)12(10-15(18)19)17(22(14)20)11-6-3-2-4-7-11/h2-9,12H,10H2,1H3,(H,18,19). The Labute approximate surface area is 130 Å². The maximum atomic E-state index is 12.8. The maximum Gasteiger partial charge on any atom is 0.305 e. The van der Waals surface area contributed by atoms with Crippen LogP contribution >= 0.6 is 0 Å². The van der Waals surface area contributed by atoms with Crippen LogP contribution in [-0.2, 0) is 15.8 Å². The van der Waals surface area contributed by atoms with Crippen LogP contribution in [0.3, 0.4) is 0 Å². The van der Waals surface area contributed by atoms with Crippen molar-refractivity contribution in [3.63, 3.8) is 0 Å². The summed E-state index contributed by atoms with van der Waals surface area (Å²) in [5.41, 5.74) is 1.42. The third-order valence-electron chi connectivity index (χ3n) is 3.61. The third-order valence-corrected chi connectivity index (χ3v) is 5.16. The summed E-state index contributed by atoms with van der Waals surface area (Å²) in [7, 11) is 0.0744. The Balaban J connectivity index is 2.16. The van der Waals surface area contributed by atoms with Crippen LogP contribution in [0.15, 0.2) is 53.4 Å². The molecule has 0 amide bonds. The zero-order valence-corrected chi connectivity index (χ0v) is 12.7. The molecule has 1 heterocycles. The van der Waals surface area contributed by atoms with Crippen molar-refractivity contribution in [2.45, 2.75) is 17.4 Å². The van der Waals surface area contributed by atoms with Crippen molar-refractivity contribution >= 4 is 22.6 Å². The van der Waals surface area contributed by atoms with Gasteiger partial charge in [-0.05, 0) is 24.3 Å². The van der Waals surface area contributed by atoms with Gasteiger partial charge in [-0.25, -0.2) is 4.21 Å². The number of rotatable bonds is 4. The van der Waals surface area contributed by atoms with E-state index >= 15 is 0 Å². The lowest BCUT2D eigenvalue weighted by atomic mass is 10.0. The van der Waals surface area contributed by atoms with E-state index in [1.807, 2.05) is 30.3 Å². The van der Waals surface area contributed by atoms with E-state index in [9.17, 15) is 14.1 Å². The molecule has 0 radical (unpaired) electrons. The van der Waals surface area contributed by atoms with Gasteiger partial charge in [0.2, 0.25) is 0 Å². The predicted octanol–water partition coefficient (Wildman–Crippen LogP) is 2.75. The lowest BCUT2D eigenvalue weighted by Crippen LogP contribution is -2.26. The van der Waals surface area contributed by atoms with Crippen LogP contribution in [0.4, 0.5) is 5.69 Å². The predicted molar refractivity (Wildman–Crippen MR) is 83.3 cm³/mol. The molecule has 1 aliphatic heterocycles. The highest BCUT2D eigenvalue weighted by Gasteiger charge is 2.40. The highest BCUT2D eigenvalue weighted by atomic mass is 32.2. The second kappa shape index (κ2) is 5.81. The number of ether oxygens (including phenoxy) is 1. The summed E-state index contributed by atoms with van der Waals surface area (Å²) in [4.78, 5) is 11.9. The van der Waals surface area contributed by atoms with Gasteiger partial charge in [-0.15, -0.1) is 0 Å². The van der Waals surface area contributed by atoms with Crippen LogP contribution in [0.2, 0.25) is 0 Å². The van der Waals surface area contributed by atoms with Crippen molar-refractivity contribution in [3.8, 4) is 5.75 Å². The highest BCUT2D eigenvalue weighted by molar-refractivity contribution is 7.87. The van der Waals surface area contributed by atoms with Gasteiger partial charge in [-0.2, -0.15) is 0 Å². The van der Waals surface area contributed by atoms with Gasteiger partial charge >= 0.3 is 5.97 Å². The quantitative estimate of drug-likeness (QED) is 0.941. The number of aliphatic carboxylic acids is 1. The first-order valence-corrected chi connectivity index (χ1v) is 7.89. The largest absolute Gasteiger partial charge is 0.496 e. The fraction of sp³-hybridized carbons (Fsp3) is 0.188. The number of carbonyl (C=O) groups is 1. The number of hydrogen-bond donors (Lipinski definition) is 1. The van der Waals surface area contributed by atoms with Crippen LogP contribution < -0.4 is 9.04 Å². The molecule has 2 atom stereocenters. The van der Waals surface area contributed by atoms with Gasteiger partial charge < -0.3 is 9.84 Å². The molecule has 114 valence electrons. The SMILES string of the molecule is COc1cccc2c1C(CC(=O)O)N(c1ccccc1)S2=O. The minimum Gasteiger partial charge on any atom is -0.496 e. The molecule has 0 spiro atoms. The summed E-state index contributed by atoms with van der Waals surface area (Å²) in [6.07, 6.45) is -0.145. The van der Waals surface area contributed by atoms with Gasteiger partial charge in [0, 0.05) is 5.56 Å². The lowest BCUT2D eigenvalue weighted by Gasteiger charge is -2.24. The second-order valence-electron chi connectivity index (χ2n) is 4.90. The Kier molecular flexibility index (Phi) is 3.85. The molecule has 1 N–H and O–H groups in total. The van der Waals surface area contributed by atoms with E-state index in [4.69, 9.17) is 4.74 Å². The van der Waals surface area contributed by atoms with Crippen molar-refractivity contribution in [1.82, 2.24) is 0 Å². The Bertz CT molecular complexity index is 732. The van der Waals surface area contributed by atoms with Gasteiger partial charge in [0.1, 0.15) is 5.75 Å². The zero-order valence-electron chi connectivity index (χ0n) is 11.9. The molecule has 2 aromatic rings. The van der Waals surface area contributed by atoms with Crippen LogP contribution in [0.5, 0.6) is 5.75 Å². The molecule has 2 aromatic carbocycles. The molecule has 1 aliphatic rings. The molecule has 3 rings (SSSR count). The van der Waals surface area contributed by atoms with E-state index in [2.05, 4.69) is 0 Å². The van der Waals surface area contributed by atoms with E-state index in [0.29, 0.717) is 16.2 Å². The number of nitrogens with zero attached hydrogens (tertiary/aromatic N) is 1. The molecule has 0 fully saturated rings. The summed E-state index contributed by atoms with van der Waals surface area (Å²) in [6, 6.07) is 14.0. The summed E-state index contributed by atoms with van der Waals surface area (Å²) in [5, 5.41) is 9.25. The monoisotopic (exact) mass is 317 g/mol. The van der Waals surface area contributed by atoms with Crippen molar-refractivity contribution in [3.05, 3.63) is 54.1 Å². The Morgan fingerprint density at radius 2 is 1.95 bits per heavy atom. The van der Waals surface area contributed by atoms with Crippen LogP contribution in [-0.4, -0.2) is 22.4 Å². The van der Waals surface area contributed by atoms with E-state index in [1.165, 1.54) is 7.11 Å². The van der Waals surface area contributed by atoms with E-state index in [1.54, 1.807) is 22.5 Å². The van der Waals surface area contributed by atoms with Crippen molar-refractivity contribution < 1.29 is 18.8 Å². The van der Waals surface area contributed by atoms with Crippen molar-refractivity contribution in [2.24, 2.45) is 0 Å². The lowest BCUT2D eigenvalue weighted by molar-refractivity contribution is -0.137. The Morgan fingerprint density at radius 1 is 1.23 bits per heavy atom. The second-order valence-corrected chi connectivity index (χ2v) is 6.23. The first kappa shape index (κ1) is 14.6. The van der Waals surface area contributed by atoms with Crippen LogP contribution in [0.25, 0.3) is 0 Å². The molecule has 0 aromatic heterocycles. The van der Waals surface area contributed by atoms with Gasteiger partial charge in [0.05, 0.1) is 30.2 Å². The summed E-state index contributed by atoms with van der Waals surface area (Å²) < 4.78 is 19.8. The number of carboxylic acid groups (broad SMARTS) is 1. The highest BCUT2D eigenvalue weighted by Crippen LogP contribution is 2.46. The smallest absolute Gasteiger partial charge is 0.305 e. The molecular formula is C16H15NO4S. The number of hydrogen-bond acceptors (Lipinski definition) is 3. The molecule has 0 saturated heterocycles. The van der Waals surface area contributed by atoms with Gasteiger partial charge in [0.15, 0.2) is 11.0 Å². The number of para-hydroxylation sites is 1. The minimum absolute atomic E-state index is 0.145. The van der Waals surface area contributed by atoms with Crippen molar-refractivity contribution in [1.29, 1.82) is 0 Å². The number of methoxy groups -OCH3 is 1. The summed E-state index contributed by atoms with van der Waals surface area (Å²) >= 11 is 0. The average molecular weight is 317 g/mol. The fourth-order valence-electron chi connectivity index (χ4n) is 2.72. The van der Waals surface area contributed by atoms with E-state index < -0.39 is 23.0 Å². The van der Waals surface area contributed by atoms with E-state index in [-0.39, 0.29) is 6.42 Å². The topological polar surface area (TPSA) is 66.8 Å². The number of benzene rings is 2. The molecule has 2 unspecified atom stereocenters. The molecule has 6 heteroatoms. The normalized spacial score (nSPS) is 19.8. The molecule has 5 nitrogen and oxygen atoms in total. The van der Waals surface area contributed by atoms with Crippen molar-refractivity contribution in [2.75, 3.05) is 11.4 Å². The van der Waals surface area contributed by atoms with Gasteiger partial charge in [-0.1, -0.05) is 24.3 Å². The zero-order chi connectivity index (χ0) is 15.7. The number of anilines is 1. The molecule has 0 bridgehead atoms. The molecule has 0 aliphatic carbocycles.